The molecule has 1 aliphatic rings. The minimum Gasteiger partial charge on any atom is -0.387 e. The standard InChI is InChI=1S/C19H25NO/c1-13(20(2)3)19(21)18-12-14-8-4-5-9-15(14)16-10-6-7-11-17(16)18/h6-7,10-13,19,21H,4-5,8-9H2,1-3H3. The third kappa shape index (κ3) is 2.58. The van der Waals surface area contributed by atoms with Crippen molar-refractivity contribution in [1.29, 1.82) is 0 Å². The van der Waals surface area contributed by atoms with Gasteiger partial charge in [-0.15, -0.1) is 0 Å². The van der Waals surface area contributed by atoms with Crippen molar-refractivity contribution >= 4 is 10.8 Å². The van der Waals surface area contributed by atoms with Crippen LogP contribution >= 0.6 is 0 Å². The third-order valence-corrected chi connectivity index (χ3v) is 4.99. The van der Waals surface area contributed by atoms with Gasteiger partial charge in [0.25, 0.3) is 0 Å². The molecule has 1 N–H and O–H groups in total. The topological polar surface area (TPSA) is 23.5 Å². The van der Waals surface area contributed by atoms with E-state index in [9.17, 15) is 5.11 Å². The summed E-state index contributed by atoms with van der Waals surface area (Å²) in [6, 6.07) is 10.9. The first-order chi connectivity index (χ1) is 10.1. The molecule has 0 aliphatic heterocycles. The molecule has 21 heavy (non-hydrogen) atoms. The van der Waals surface area contributed by atoms with Gasteiger partial charge in [-0.1, -0.05) is 30.3 Å². The minimum absolute atomic E-state index is 0.107. The number of likely N-dealkylation sites (N-methyl/N-ethyl adjacent to an activating group) is 1. The lowest BCUT2D eigenvalue weighted by atomic mass is 9.84. The Hall–Kier alpha value is -1.38. The molecule has 0 saturated heterocycles. The summed E-state index contributed by atoms with van der Waals surface area (Å²) in [5.41, 5.74) is 4.04. The van der Waals surface area contributed by atoms with Crippen molar-refractivity contribution in [3.63, 3.8) is 0 Å². The highest BCUT2D eigenvalue weighted by Gasteiger charge is 2.23. The maximum atomic E-state index is 10.8. The number of aliphatic hydroxyl groups excluding tert-OH is 1. The fourth-order valence-corrected chi connectivity index (χ4v) is 3.45. The molecular weight excluding hydrogens is 258 g/mol. The maximum absolute atomic E-state index is 10.8. The van der Waals surface area contributed by atoms with Gasteiger partial charge in [0.1, 0.15) is 0 Å². The Kier molecular flexibility index (Phi) is 4.01. The van der Waals surface area contributed by atoms with Gasteiger partial charge in [-0.05, 0) is 74.2 Å². The van der Waals surface area contributed by atoms with Crippen molar-refractivity contribution < 1.29 is 5.11 Å². The molecule has 0 aromatic heterocycles. The summed E-state index contributed by atoms with van der Waals surface area (Å²) < 4.78 is 0. The van der Waals surface area contributed by atoms with Crippen molar-refractivity contribution in [2.45, 2.75) is 44.8 Å². The molecule has 0 bridgehead atoms. The van der Waals surface area contributed by atoms with E-state index in [-0.39, 0.29) is 6.04 Å². The highest BCUT2D eigenvalue weighted by molar-refractivity contribution is 5.90. The lowest BCUT2D eigenvalue weighted by Crippen LogP contribution is -2.31. The molecule has 2 heteroatoms. The summed E-state index contributed by atoms with van der Waals surface area (Å²) in [5, 5.41) is 13.4. The molecule has 0 spiro atoms. The minimum atomic E-state index is -0.447. The predicted octanol–water partition coefficient (Wildman–Crippen LogP) is 3.70. The Morgan fingerprint density at radius 3 is 2.43 bits per heavy atom. The average molecular weight is 283 g/mol. The van der Waals surface area contributed by atoms with Gasteiger partial charge in [-0.3, -0.25) is 0 Å². The zero-order valence-corrected chi connectivity index (χ0v) is 13.3. The van der Waals surface area contributed by atoms with E-state index in [2.05, 4.69) is 42.2 Å². The SMILES string of the molecule is CC(C(O)c1cc2c(c3ccccc13)CCCC2)N(C)C. The highest BCUT2D eigenvalue weighted by atomic mass is 16.3. The fraction of sp³-hybridized carbons (Fsp3) is 0.474. The molecule has 0 fully saturated rings. The lowest BCUT2D eigenvalue weighted by molar-refractivity contribution is 0.0869. The van der Waals surface area contributed by atoms with Crippen LogP contribution in [0.5, 0.6) is 0 Å². The molecule has 3 rings (SSSR count). The summed E-state index contributed by atoms with van der Waals surface area (Å²) in [7, 11) is 4.04. The number of hydrogen-bond acceptors (Lipinski definition) is 2. The quantitative estimate of drug-likeness (QED) is 0.928. The molecular formula is C19H25NO. The highest BCUT2D eigenvalue weighted by Crippen LogP contribution is 2.35. The van der Waals surface area contributed by atoms with Crippen molar-refractivity contribution in [1.82, 2.24) is 4.90 Å². The second kappa shape index (κ2) is 5.78. The van der Waals surface area contributed by atoms with E-state index >= 15 is 0 Å². The van der Waals surface area contributed by atoms with Crippen LogP contribution < -0.4 is 0 Å². The summed E-state index contributed by atoms with van der Waals surface area (Å²) in [6.07, 6.45) is 4.43. The molecule has 112 valence electrons. The van der Waals surface area contributed by atoms with Gasteiger partial charge < -0.3 is 10.0 Å². The summed E-state index contributed by atoms with van der Waals surface area (Å²) in [4.78, 5) is 2.08. The zero-order chi connectivity index (χ0) is 15.0. The van der Waals surface area contributed by atoms with Crippen LogP contribution in [0.2, 0.25) is 0 Å². The summed E-state index contributed by atoms with van der Waals surface area (Å²) in [5.74, 6) is 0. The Morgan fingerprint density at radius 2 is 1.71 bits per heavy atom. The van der Waals surface area contributed by atoms with Crippen molar-refractivity contribution in [2.24, 2.45) is 0 Å². The van der Waals surface area contributed by atoms with Gasteiger partial charge in [0.05, 0.1) is 6.10 Å². The van der Waals surface area contributed by atoms with Crippen LogP contribution in [0.25, 0.3) is 10.8 Å². The number of hydrogen-bond donors (Lipinski definition) is 1. The smallest absolute Gasteiger partial charge is 0.0948 e. The van der Waals surface area contributed by atoms with Crippen LogP contribution in [0, 0.1) is 0 Å². The number of nitrogens with zero attached hydrogens (tertiary/aromatic N) is 1. The van der Waals surface area contributed by atoms with E-state index in [0.29, 0.717) is 0 Å². The molecule has 0 radical (unpaired) electrons. The second-order valence-electron chi connectivity index (χ2n) is 6.51. The van der Waals surface area contributed by atoms with Gasteiger partial charge >= 0.3 is 0 Å². The van der Waals surface area contributed by atoms with E-state index in [1.165, 1.54) is 41.2 Å². The average Bonchev–Trinajstić information content (AvgIpc) is 2.52. The third-order valence-electron chi connectivity index (χ3n) is 4.99. The van der Waals surface area contributed by atoms with Gasteiger partial charge in [0.15, 0.2) is 0 Å². The molecule has 0 saturated carbocycles. The van der Waals surface area contributed by atoms with Gasteiger partial charge in [0.2, 0.25) is 0 Å². The normalized spacial score (nSPS) is 17.8. The molecule has 2 aromatic carbocycles. The molecule has 0 amide bonds. The molecule has 2 aromatic rings. The van der Waals surface area contributed by atoms with E-state index in [1.807, 2.05) is 14.1 Å². The Labute approximate surface area is 127 Å². The van der Waals surface area contributed by atoms with Gasteiger partial charge in [-0.25, -0.2) is 0 Å². The van der Waals surface area contributed by atoms with Crippen molar-refractivity contribution in [3.05, 3.63) is 47.0 Å². The van der Waals surface area contributed by atoms with E-state index in [0.717, 1.165) is 12.0 Å². The Balaban J connectivity index is 2.18. The van der Waals surface area contributed by atoms with Crippen molar-refractivity contribution in [3.8, 4) is 0 Å². The number of aryl methyl sites for hydroxylation is 2. The molecule has 0 heterocycles. The van der Waals surface area contributed by atoms with Gasteiger partial charge in [0, 0.05) is 6.04 Å². The predicted molar refractivity (Wildman–Crippen MR) is 88.7 cm³/mol. The van der Waals surface area contributed by atoms with E-state index in [4.69, 9.17) is 0 Å². The van der Waals surface area contributed by atoms with Gasteiger partial charge in [-0.2, -0.15) is 0 Å². The molecule has 2 unspecified atom stereocenters. The first kappa shape index (κ1) is 14.6. The maximum Gasteiger partial charge on any atom is 0.0948 e. The summed E-state index contributed by atoms with van der Waals surface area (Å²) >= 11 is 0. The van der Waals surface area contributed by atoms with Crippen LogP contribution in [0.3, 0.4) is 0 Å². The first-order valence-corrected chi connectivity index (χ1v) is 7.97. The number of fused-ring (bicyclic) bond motifs is 3. The van der Waals surface area contributed by atoms with Crippen LogP contribution in [0.15, 0.2) is 30.3 Å². The largest absolute Gasteiger partial charge is 0.387 e. The number of benzene rings is 2. The van der Waals surface area contributed by atoms with Crippen molar-refractivity contribution in [2.75, 3.05) is 14.1 Å². The molecule has 2 atom stereocenters. The monoisotopic (exact) mass is 283 g/mol. The zero-order valence-electron chi connectivity index (χ0n) is 13.3. The Morgan fingerprint density at radius 1 is 1.05 bits per heavy atom. The lowest BCUT2D eigenvalue weighted by Gasteiger charge is -2.28. The molecule has 1 aliphatic carbocycles. The van der Waals surface area contributed by atoms with E-state index in [1.54, 1.807) is 0 Å². The Bertz CT molecular complexity index is 647. The van der Waals surface area contributed by atoms with Crippen LogP contribution in [-0.4, -0.2) is 30.1 Å². The number of rotatable bonds is 3. The second-order valence-corrected chi connectivity index (χ2v) is 6.51. The number of aliphatic hydroxyl groups is 1. The van der Waals surface area contributed by atoms with Crippen LogP contribution in [0.4, 0.5) is 0 Å². The van der Waals surface area contributed by atoms with E-state index < -0.39 is 6.10 Å². The fourth-order valence-electron chi connectivity index (χ4n) is 3.45. The molecule has 2 nitrogen and oxygen atoms in total. The van der Waals surface area contributed by atoms with Crippen LogP contribution in [-0.2, 0) is 12.8 Å². The van der Waals surface area contributed by atoms with Crippen LogP contribution in [0.1, 0.15) is 42.6 Å². The summed E-state index contributed by atoms with van der Waals surface area (Å²) in [6.45, 7) is 2.08. The first-order valence-electron chi connectivity index (χ1n) is 7.97.